The van der Waals surface area contributed by atoms with Crippen LogP contribution >= 0.6 is 0 Å². The number of aryl methyl sites for hydroxylation is 4. The largest absolute Gasteiger partial charge is 0.320 e. The maximum absolute atomic E-state index is 12.8. The van der Waals surface area contributed by atoms with Crippen LogP contribution in [0.25, 0.3) is 11.0 Å². The number of amides is 1. The van der Waals surface area contributed by atoms with Crippen LogP contribution in [0.5, 0.6) is 0 Å². The van der Waals surface area contributed by atoms with E-state index in [1.165, 1.54) is 0 Å². The Bertz CT molecular complexity index is 1050. The van der Waals surface area contributed by atoms with E-state index in [9.17, 15) is 9.59 Å². The minimum absolute atomic E-state index is 0.0755. The lowest BCUT2D eigenvalue weighted by Crippen LogP contribution is -2.31. The molecule has 0 unspecified atom stereocenters. The molecule has 0 atom stereocenters. The van der Waals surface area contributed by atoms with E-state index < -0.39 is 5.91 Å². The fourth-order valence-corrected chi connectivity index (χ4v) is 3.09. The van der Waals surface area contributed by atoms with Gasteiger partial charge in [0, 0.05) is 12.2 Å². The second-order valence-electron chi connectivity index (χ2n) is 6.40. The smallest absolute Gasteiger partial charge is 0.282 e. The Kier molecular flexibility index (Phi) is 4.89. The quantitative estimate of drug-likeness (QED) is 0.778. The van der Waals surface area contributed by atoms with Crippen molar-refractivity contribution in [3.63, 3.8) is 0 Å². The van der Waals surface area contributed by atoms with Gasteiger partial charge in [-0.05, 0) is 62.1 Å². The fraction of sp³-hybridized carbons (Fsp3) is 0.286. The monoisotopic (exact) mass is 349 g/mol. The van der Waals surface area contributed by atoms with Gasteiger partial charge in [0.25, 0.3) is 11.5 Å². The van der Waals surface area contributed by atoms with E-state index >= 15 is 0 Å². The molecule has 5 nitrogen and oxygen atoms in total. The lowest BCUT2D eigenvalue weighted by atomic mass is 10.1. The molecule has 1 amide bonds. The van der Waals surface area contributed by atoms with E-state index in [0.717, 1.165) is 28.6 Å². The second-order valence-corrected chi connectivity index (χ2v) is 6.40. The first-order valence-corrected chi connectivity index (χ1v) is 8.87. The van der Waals surface area contributed by atoms with Crippen LogP contribution in [0.1, 0.15) is 41.0 Å². The summed E-state index contributed by atoms with van der Waals surface area (Å²) in [6.45, 7) is 8.39. The Labute approximate surface area is 152 Å². The standard InChI is InChI=1S/C21H23N3O2/c1-5-15-9-7-8-10-16(15)23-20(25)19-21(26)24(6-2)18-12-14(4)13(3)11-17(18)22-19/h7-12H,5-6H2,1-4H3,(H,23,25). The molecule has 1 N–H and O–H groups in total. The van der Waals surface area contributed by atoms with Gasteiger partial charge in [0.15, 0.2) is 5.69 Å². The summed E-state index contributed by atoms with van der Waals surface area (Å²) in [5, 5.41) is 2.85. The molecule has 1 aromatic heterocycles. The van der Waals surface area contributed by atoms with E-state index in [0.29, 0.717) is 17.7 Å². The molecule has 1 heterocycles. The summed E-state index contributed by atoms with van der Waals surface area (Å²) in [5.41, 5.74) is 4.87. The van der Waals surface area contributed by atoms with Crippen LogP contribution in [0.2, 0.25) is 0 Å². The maximum atomic E-state index is 12.8. The van der Waals surface area contributed by atoms with Crippen LogP contribution < -0.4 is 10.9 Å². The van der Waals surface area contributed by atoms with Crippen molar-refractivity contribution in [3.05, 3.63) is 69.1 Å². The minimum atomic E-state index is -0.474. The van der Waals surface area contributed by atoms with Crippen LogP contribution in [-0.4, -0.2) is 15.5 Å². The molecule has 0 radical (unpaired) electrons. The Balaban J connectivity index is 2.12. The number of anilines is 1. The predicted molar refractivity (Wildman–Crippen MR) is 105 cm³/mol. The fourth-order valence-electron chi connectivity index (χ4n) is 3.09. The summed E-state index contributed by atoms with van der Waals surface area (Å²) in [6, 6.07) is 11.5. The van der Waals surface area contributed by atoms with Crippen LogP contribution in [0.4, 0.5) is 5.69 Å². The summed E-state index contributed by atoms with van der Waals surface area (Å²) in [6.07, 6.45) is 0.791. The van der Waals surface area contributed by atoms with Gasteiger partial charge in [-0.1, -0.05) is 25.1 Å². The zero-order valence-corrected chi connectivity index (χ0v) is 15.6. The third kappa shape index (κ3) is 3.12. The molecule has 0 aliphatic rings. The molecule has 0 saturated heterocycles. The highest BCUT2D eigenvalue weighted by Gasteiger charge is 2.18. The molecule has 5 heteroatoms. The molecule has 26 heavy (non-hydrogen) atoms. The average Bonchev–Trinajstić information content (AvgIpc) is 2.63. The molecule has 3 aromatic rings. The number of carbonyl (C=O) groups is 1. The van der Waals surface area contributed by atoms with Crippen molar-refractivity contribution in [2.45, 2.75) is 40.7 Å². The maximum Gasteiger partial charge on any atom is 0.282 e. The van der Waals surface area contributed by atoms with Gasteiger partial charge in [-0.25, -0.2) is 4.98 Å². The van der Waals surface area contributed by atoms with E-state index in [1.807, 2.05) is 64.1 Å². The number of nitrogens with zero attached hydrogens (tertiary/aromatic N) is 2. The molecule has 0 aliphatic heterocycles. The number of benzene rings is 2. The number of fused-ring (bicyclic) bond motifs is 1. The van der Waals surface area contributed by atoms with Gasteiger partial charge in [0.1, 0.15) is 0 Å². The van der Waals surface area contributed by atoms with Crippen molar-refractivity contribution in [1.29, 1.82) is 0 Å². The highest BCUT2D eigenvalue weighted by Crippen LogP contribution is 2.19. The minimum Gasteiger partial charge on any atom is -0.320 e. The van der Waals surface area contributed by atoms with Gasteiger partial charge >= 0.3 is 0 Å². The van der Waals surface area contributed by atoms with Crippen molar-refractivity contribution in [2.24, 2.45) is 0 Å². The Morgan fingerprint density at radius 2 is 1.81 bits per heavy atom. The topological polar surface area (TPSA) is 64.0 Å². The number of hydrogen-bond donors (Lipinski definition) is 1. The average molecular weight is 349 g/mol. The zero-order valence-electron chi connectivity index (χ0n) is 15.6. The van der Waals surface area contributed by atoms with Gasteiger partial charge < -0.3 is 9.88 Å². The summed E-state index contributed by atoms with van der Waals surface area (Å²) < 4.78 is 1.61. The van der Waals surface area contributed by atoms with Gasteiger partial charge in [-0.3, -0.25) is 9.59 Å². The van der Waals surface area contributed by atoms with E-state index in [-0.39, 0.29) is 11.3 Å². The zero-order chi connectivity index (χ0) is 18.8. The molecule has 0 saturated carbocycles. The van der Waals surface area contributed by atoms with Crippen molar-refractivity contribution in [2.75, 3.05) is 5.32 Å². The van der Waals surface area contributed by atoms with Crippen molar-refractivity contribution < 1.29 is 4.79 Å². The first kappa shape index (κ1) is 17.9. The molecule has 0 fully saturated rings. The number of aromatic nitrogens is 2. The summed E-state index contributed by atoms with van der Waals surface area (Å²) >= 11 is 0. The number of carbonyl (C=O) groups excluding carboxylic acids is 1. The molecule has 134 valence electrons. The molecule has 0 aliphatic carbocycles. The van der Waals surface area contributed by atoms with Crippen LogP contribution in [0.15, 0.2) is 41.2 Å². The number of para-hydroxylation sites is 1. The third-order valence-electron chi connectivity index (χ3n) is 4.74. The van der Waals surface area contributed by atoms with Gasteiger partial charge in [-0.2, -0.15) is 0 Å². The van der Waals surface area contributed by atoms with Crippen molar-refractivity contribution >= 4 is 22.6 Å². The highest BCUT2D eigenvalue weighted by molar-refractivity contribution is 6.04. The summed E-state index contributed by atoms with van der Waals surface area (Å²) in [5.74, 6) is -0.474. The third-order valence-corrected chi connectivity index (χ3v) is 4.74. The van der Waals surface area contributed by atoms with E-state index in [2.05, 4.69) is 10.3 Å². The summed E-state index contributed by atoms with van der Waals surface area (Å²) in [4.78, 5) is 30.0. The van der Waals surface area contributed by atoms with Gasteiger partial charge in [0.2, 0.25) is 0 Å². The Morgan fingerprint density at radius 3 is 2.50 bits per heavy atom. The molecular formula is C21H23N3O2. The van der Waals surface area contributed by atoms with Gasteiger partial charge in [0.05, 0.1) is 11.0 Å². The second kappa shape index (κ2) is 7.12. The van der Waals surface area contributed by atoms with Gasteiger partial charge in [-0.15, -0.1) is 0 Å². The number of hydrogen-bond acceptors (Lipinski definition) is 3. The SMILES string of the molecule is CCc1ccccc1NC(=O)c1nc2cc(C)c(C)cc2n(CC)c1=O. The lowest BCUT2D eigenvalue weighted by molar-refractivity contribution is 0.102. The summed E-state index contributed by atoms with van der Waals surface area (Å²) in [7, 11) is 0. The van der Waals surface area contributed by atoms with Crippen molar-refractivity contribution in [1.82, 2.24) is 9.55 Å². The predicted octanol–water partition coefficient (Wildman–Crippen LogP) is 3.85. The Hall–Kier alpha value is -2.95. The number of nitrogens with one attached hydrogen (secondary N) is 1. The normalized spacial score (nSPS) is 10.9. The number of rotatable bonds is 4. The van der Waals surface area contributed by atoms with Crippen LogP contribution in [-0.2, 0) is 13.0 Å². The van der Waals surface area contributed by atoms with Crippen molar-refractivity contribution in [3.8, 4) is 0 Å². The molecule has 3 rings (SSSR count). The lowest BCUT2D eigenvalue weighted by Gasteiger charge is -2.13. The first-order valence-electron chi connectivity index (χ1n) is 8.87. The van der Waals surface area contributed by atoms with Crippen LogP contribution in [0, 0.1) is 13.8 Å². The van der Waals surface area contributed by atoms with E-state index in [4.69, 9.17) is 0 Å². The highest BCUT2D eigenvalue weighted by atomic mass is 16.2. The Morgan fingerprint density at radius 1 is 1.12 bits per heavy atom. The van der Waals surface area contributed by atoms with Crippen LogP contribution in [0.3, 0.4) is 0 Å². The first-order chi connectivity index (χ1) is 12.5. The van der Waals surface area contributed by atoms with E-state index in [1.54, 1.807) is 4.57 Å². The molecule has 0 spiro atoms. The molecule has 2 aromatic carbocycles. The molecular weight excluding hydrogens is 326 g/mol. The molecule has 0 bridgehead atoms.